The summed E-state index contributed by atoms with van der Waals surface area (Å²) in [5, 5.41) is 3.02. The Hall–Kier alpha value is -2.95. The molecule has 4 heteroatoms. The maximum Gasteiger partial charge on any atom is 0.251 e. The molecule has 154 valence electrons. The highest BCUT2D eigenvalue weighted by Gasteiger charge is 2.17. The molecule has 1 aliphatic rings. The average molecular weight is 400 g/mol. The average Bonchev–Trinajstić information content (AvgIpc) is 2.80. The van der Waals surface area contributed by atoms with Crippen LogP contribution in [-0.2, 0) is 19.6 Å². The Kier molecular flexibility index (Phi) is 6.91. The van der Waals surface area contributed by atoms with Crippen LogP contribution in [0.25, 0.3) is 0 Å². The zero-order valence-electron chi connectivity index (χ0n) is 17.3. The minimum absolute atomic E-state index is 0.0200. The number of benzene rings is 3. The molecule has 4 nitrogen and oxygen atoms in total. The Morgan fingerprint density at radius 3 is 1.83 bits per heavy atom. The maximum atomic E-state index is 12.5. The van der Waals surface area contributed by atoms with Crippen molar-refractivity contribution >= 4 is 5.91 Å². The first-order chi connectivity index (χ1) is 14.8. The number of nitrogens with zero attached hydrogens (tertiary/aromatic N) is 2. The third-order valence-electron chi connectivity index (χ3n) is 5.61. The number of hydrogen-bond acceptors (Lipinski definition) is 3. The molecule has 0 aliphatic carbocycles. The van der Waals surface area contributed by atoms with Crippen molar-refractivity contribution in [2.75, 3.05) is 26.2 Å². The lowest BCUT2D eigenvalue weighted by molar-refractivity contribution is 0.0950. The van der Waals surface area contributed by atoms with E-state index < -0.39 is 0 Å². The molecule has 0 saturated carbocycles. The smallest absolute Gasteiger partial charge is 0.251 e. The van der Waals surface area contributed by atoms with Crippen LogP contribution in [0.15, 0.2) is 84.9 Å². The number of carbonyl (C=O) groups excluding carboxylic acids is 1. The van der Waals surface area contributed by atoms with Crippen LogP contribution >= 0.6 is 0 Å². The van der Waals surface area contributed by atoms with Crippen LogP contribution < -0.4 is 5.32 Å². The van der Waals surface area contributed by atoms with Gasteiger partial charge in [-0.05, 0) is 28.8 Å². The van der Waals surface area contributed by atoms with Crippen LogP contribution in [0, 0.1) is 0 Å². The Morgan fingerprint density at radius 2 is 1.20 bits per heavy atom. The summed E-state index contributed by atoms with van der Waals surface area (Å²) < 4.78 is 0. The van der Waals surface area contributed by atoms with Gasteiger partial charge in [-0.1, -0.05) is 72.8 Å². The fourth-order valence-electron chi connectivity index (χ4n) is 3.90. The van der Waals surface area contributed by atoms with Crippen molar-refractivity contribution in [1.29, 1.82) is 0 Å². The summed E-state index contributed by atoms with van der Waals surface area (Å²) in [4.78, 5) is 17.5. The molecule has 1 heterocycles. The number of amides is 1. The van der Waals surface area contributed by atoms with Crippen LogP contribution in [0.5, 0.6) is 0 Å². The second kappa shape index (κ2) is 10.2. The van der Waals surface area contributed by atoms with Crippen molar-refractivity contribution in [3.05, 3.63) is 107 Å². The van der Waals surface area contributed by atoms with Gasteiger partial charge in [-0.3, -0.25) is 14.6 Å². The van der Waals surface area contributed by atoms with E-state index in [1.54, 1.807) is 0 Å². The van der Waals surface area contributed by atoms with Crippen LogP contribution in [-0.4, -0.2) is 41.9 Å². The van der Waals surface area contributed by atoms with Crippen LogP contribution in [0.3, 0.4) is 0 Å². The number of carbonyl (C=O) groups is 1. The minimum Gasteiger partial charge on any atom is -0.348 e. The van der Waals surface area contributed by atoms with Crippen LogP contribution in [0.1, 0.15) is 27.0 Å². The van der Waals surface area contributed by atoms with E-state index >= 15 is 0 Å². The highest BCUT2D eigenvalue weighted by Crippen LogP contribution is 2.13. The predicted octanol–water partition coefficient (Wildman–Crippen LogP) is 3.93. The van der Waals surface area contributed by atoms with Crippen molar-refractivity contribution in [2.45, 2.75) is 19.6 Å². The molecular formula is C26H29N3O. The van der Waals surface area contributed by atoms with Crippen molar-refractivity contribution < 1.29 is 4.79 Å². The Morgan fingerprint density at radius 1 is 0.667 bits per heavy atom. The molecule has 0 spiro atoms. The normalized spacial score (nSPS) is 15.1. The molecule has 0 bridgehead atoms. The molecule has 1 N–H and O–H groups in total. The number of rotatable bonds is 7. The van der Waals surface area contributed by atoms with Gasteiger partial charge in [0.1, 0.15) is 0 Å². The van der Waals surface area contributed by atoms with E-state index in [4.69, 9.17) is 0 Å². The summed E-state index contributed by atoms with van der Waals surface area (Å²) in [6.45, 7) is 6.71. The molecule has 1 saturated heterocycles. The van der Waals surface area contributed by atoms with Crippen molar-refractivity contribution in [3.63, 3.8) is 0 Å². The monoisotopic (exact) mass is 399 g/mol. The van der Waals surface area contributed by atoms with Gasteiger partial charge in [0.25, 0.3) is 5.91 Å². The van der Waals surface area contributed by atoms with E-state index in [9.17, 15) is 4.79 Å². The maximum absolute atomic E-state index is 12.5. The van der Waals surface area contributed by atoms with Gasteiger partial charge in [0.05, 0.1) is 0 Å². The molecule has 3 aromatic rings. The lowest BCUT2D eigenvalue weighted by Crippen LogP contribution is -2.45. The Balaban J connectivity index is 1.27. The topological polar surface area (TPSA) is 35.6 Å². The molecule has 0 atom stereocenters. The SMILES string of the molecule is O=C(NCc1ccccc1)c1cccc(CN2CCN(Cc3ccccc3)CC2)c1. The second-order valence-electron chi connectivity index (χ2n) is 7.91. The Labute approximate surface area is 179 Å². The molecule has 0 unspecified atom stereocenters. The van der Waals surface area contributed by atoms with Gasteiger partial charge < -0.3 is 5.32 Å². The van der Waals surface area contributed by atoms with Gasteiger partial charge in [-0.25, -0.2) is 0 Å². The van der Waals surface area contributed by atoms with Crippen LogP contribution in [0.4, 0.5) is 0 Å². The summed E-state index contributed by atoms with van der Waals surface area (Å²) in [7, 11) is 0. The highest BCUT2D eigenvalue weighted by molar-refractivity contribution is 5.94. The predicted molar refractivity (Wildman–Crippen MR) is 121 cm³/mol. The van der Waals surface area contributed by atoms with Crippen molar-refractivity contribution in [2.24, 2.45) is 0 Å². The molecule has 4 rings (SSSR count). The van der Waals surface area contributed by atoms with Gasteiger partial charge in [0, 0.05) is 51.4 Å². The first-order valence-corrected chi connectivity index (χ1v) is 10.7. The summed E-state index contributed by atoms with van der Waals surface area (Å²) in [6.07, 6.45) is 0. The van der Waals surface area contributed by atoms with E-state index in [-0.39, 0.29) is 5.91 Å². The van der Waals surface area contributed by atoms with Gasteiger partial charge >= 0.3 is 0 Å². The highest BCUT2D eigenvalue weighted by atomic mass is 16.1. The molecule has 1 amide bonds. The van der Waals surface area contributed by atoms with Crippen LogP contribution in [0.2, 0.25) is 0 Å². The lowest BCUT2D eigenvalue weighted by atomic mass is 10.1. The fraction of sp³-hybridized carbons (Fsp3) is 0.269. The summed E-state index contributed by atoms with van der Waals surface area (Å²) in [6, 6.07) is 28.7. The van der Waals surface area contributed by atoms with Crippen molar-refractivity contribution in [3.8, 4) is 0 Å². The number of hydrogen-bond donors (Lipinski definition) is 1. The third kappa shape index (κ3) is 5.78. The molecule has 3 aromatic carbocycles. The molecule has 1 aliphatic heterocycles. The van der Waals surface area contributed by atoms with Gasteiger partial charge in [-0.2, -0.15) is 0 Å². The largest absolute Gasteiger partial charge is 0.348 e. The van der Waals surface area contributed by atoms with E-state index in [0.717, 1.165) is 50.4 Å². The number of nitrogens with one attached hydrogen (secondary N) is 1. The third-order valence-corrected chi connectivity index (χ3v) is 5.61. The Bertz CT molecular complexity index is 935. The summed E-state index contributed by atoms with van der Waals surface area (Å²) >= 11 is 0. The van der Waals surface area contributed by atoms with Crippen molar-refractivity contribution in [1.82, 2.24) is 15.1 Å². The zero-order chi connectivity index (χ0) is 20.6. The van der Waals surface area contributed by atoms with E-state index in [1.807, 2.05) is 48.5 Å². The fourth-order valence-corrected chi connectivity index (χ4v) is 3.90. The summed E-state index contributed by atoms with van der Waals surface area (Å²) in [5.41, 5.74) is 4.40. The minimum atomic E-state index is -0.0200. The number of piperazine rings is 1. The zero-order valence-corrected chi connectivity index (χ0v) is 17.3. The van der Waals surface area contributed by atoms with E-state index in [2.05, 4.69) is 51.5 Å². The van der Waals surface area contributed by atoms with Gasteiger partial charge in [0.2, 0.25) is 0 Å². The standard InChI is InChI=1S/C26H29N3O/c30-26(27-19-22-8-3-1-4-9-22)25-13-7-12-24(18-25)21-29-16-14-28(15-17-29)20-23-10-5-2-6-11-23/h1-13,18H,14-17,19-21H2,(H,27,30). The molecular weight excluding hydrogens is 370 g/mol. The molecule has 1 fully saturated rings. The molecule has 30 heavy (non-hydrogen) atoms. The van der Waals surface area contributed by atoms with Gasteiger partial charge in [0.15, 0.2) is 0 Å². The lowest BCUT2D eigenvalue weighted by Gasteiger charge is -2.34. The van der Waals surface area contributed by atoms with Gasteiger partial charge in [-0.15, -0.1) is 0 Å². The first kappa shape index (κ1) is 20.3. The van der Waals surface area contributed by atoms with E-state index in [0.29, 0.717) is 6.54 Å². The first-order valence-electron chi connectivity index (χ1n) is 10.7. The quantitative estimate of drug-likeness (QED) is 0.654. The van der Waals surface area contributed by atoms with E-state index in [1.165, 1.54) is 11.1 Å². The molecule has 0 aromatic heterocycles. The summed E-state index contributed by atoms with van der Waals surface area (Å²) in [5.74, 6) is -0.0200. The molecule has 0 radical (unpaired) electrons. The second-order valence-corrected chi connectivity index (χ2v) is 7.91.